The lowest BCUT2D eigenvalue weighted by Gasteiger charge is -2.03. The molecule has 0 atom stereocenters. The Hall–Kier alpha value is -1.06. The van der Waals surface area contributed by atoms with Crippen LogP contribution in [0.1, 0.15) is 19.7 Å². The average Bonchev–Trinajstić information content (AvgIpc) is 2.58. The van der Waals surface area contributed by atoms with Gasteiger partial charge in [-0.05, 0) is 30.7 Å². The fourth-order valence-electron chi connectivity index (χ4n) is 1.49. The molecule has 0 saturated heterocycles. The van der Waals surface area contributed by atoms with E-state index in [1.165, 1.54) is 0 Å². The highest BCUT2D eigenvalue weighted by Crippen LogP contribution is 2.19. The summed E-state index contributed by atoms with van der Waals surface area (Å²) < 4.78 is 5.57. The fourth-order valence-corrected chi connectivity index (χ4v) is 1.66. The minimum Gasteiger partial charge on any atom is -0.439 e. The molecule has 1 N–H and O–H groups in total. The van der Waals surface area contributed by atoms with Gasteiger partial charge in [0.05, 0.1) is 6.54 Å². The lowest BCUT2D eigenvalue weighted by Crippen LogP contribution is -2.19. The van der Waals surface area contributed by atoms with Crippen LogP contribution in [0.2, 0.25) is 5.02 Å². The second-order valence-corrected chi connectivity index (χ2v) is 4.68. The zero-order chi connectivity index (χ0) is 11.5. The maximum absolute atomic E-state index is 5.88. The molecule has 0 aliphatic rings. The number of hydrogen-bond donors (Lipinski definition) is 1. The van der Waals surface area contributed by atoms with Gasteiger partial charge in [0.15, 0.2) is 5.58 Å². The number of rotatable bonds is 4. The standard InChI is InChI=1S/C12H15ClN2O/c1-8(2)6-14-7-12-15-10-5-9(13)3-4-11(10)16-12/h3-5,8,14H,6-7H2,1-2H3. The van der Waals surface area contributed by atoms with Crippen LogP contribution in [0.5, 0.6) is 0 Å². The molecule has 0 aliphatic heterocycles. The third-order valence-corrected chi connectivity index (χ3v) is 2.46. The van der Waals surface area contributed by atoms with Crippen molar-refractivity contribution in [2.75, 3.05) is 6.54 Å². The molecule has 0 spiro atoms. The quantitative estimate of drug-likeness (QED) is 0.889. The number of benzene rings is 1. The lowest BCUT2D eigenvalue weighted by molar-refractivity contribution is 0.471. The molecule has 1 aromatic carbocycles. The topological polar surface area (TPSA) is 38.1 Å². The summed E-state index contributed by atoms with van der Waals surface area (Å²) in [7, 11) is 0. The maximum Gasteiger partial charge on any atom is 0.209 e. The molecule has 0 aliphatic carbocycles. The first-order chi connectivity index (χ1) is 7.65. The third-order valence-electron chi connectivity index (χ3n) is 2.22. The van der Waals surface area contributed by atoms with Crippen molar-refractivity contribution in [2.24, 2.45) is 5.92 Å². The largest absolute Gasteiger partial charge is 0.439 e. The molecule has 0 amide bonds. The predicted octanol–water partition coefficient (Wildman–Crippen LogP) is 3.23. The van der Waals surface area contributed by atoms with Gasteiger partial charge >= 0.3 is 0 Å². The number of fused-ring (bicyclic) bond motifs is 1. The smallest absolute Gasteiger partial charge is 0.209 e. The van der Waals surface area contributed by atoms with E-state index in [-0.39, 0.29) is 0 Å². The van der Waals surface area contributed by atoms with Gasteiger partial charge in [-0.2, -0.15) is 0 Å². The molecule has 1 heterocycles. The zero-order valence-corrected chi connectivity index (χ0v) is 10.2. The van der Waals surface area contributed by atoms with Gasteiger partial charge < -0.3 is 9.73 Å². The second kappa shape index (κ2) is 4.85. The molecule has 1 aromatic heterocycles. The lowest BCUT2D eigenvalue weighted by atomic mass is 10.2. The first-order valence-electron chi connectivity index (χ1n) is 5.41. The Bertz CT molecular complexity index is 479. The summed E-state index contributed by atoms with van der Waals surface area (Å²) in [5.74, 6) is 1.33. The summed E-state index contributed by atoms with van der Waals surface area (Å²) >= 11 is 5.88. The number of hydrogen-bond acceptors (Lipinski definition) is 3. The summed E-state index contributed by atoms with van der Waals surface area (Å²) in [5.41, 5.74) is 1.60. The number of nitrogens with one attached hydrogen (secondary N) is 1. The first kappa shape index (κ1) is 11.4. The summed E-state index contributed by atoms with van der Waals surface area (Å²) in [6.07, 6.45) is 0. The Labute approximate surface area is 99.8 Å². The van der Waals surface area contributed by atoms with Crippen LogP contribution < -0.4 is 5.32 Å². The van der Waals surface area contributed by atoms with Gasteiger partial charge in [-0.25, -0.2) is 4.98 Å². The highest BCUT2D eigenvalue weighted by molar-refractivity contribution is 6.31. The van der Waals surface area contributed by atoms with E-state index in [0.717, 1.165) is 17.6 Å². The summed E-state index contributed by atoms with van der Waals surface area (Å²) in [5, 5.41) is 3.97. The monoisotopic (exact) mass is 238 g/mol. The number of halogens is 1. The van der Waals surface area contributed by atoms with Crippen molar-refractivity contribution in [1.29, 1.82) is 0 Å². The SMILES string of the molecule is CC(C)CNCc1nc2cc(Cl)ccc2o1. The number of oxazole rings is 1. The van der Waals surface area contributed by atoms with E-state index in [1.54, 1.807) is 6.07 Å². The minimum absolute atomic E-state index is 0.624. The Morgan fingerprint density at radius 1 is 1.44 bits per heavy atom. The predicted molar refractivity (Wildman–Crippen MR) is 65.6 cm³/mol. The van der Waals surface area contributed by atoms with Crippen molar-refractivity contribution in [3.63, 3.8) is 0 Å². The summed E-state index contributed by atoms with van der Waals surface area (Å²) in [6, 6.07) is 5.46. The van der Waals surface area contributed by atoms with Gasteiger partial charge in [0.2, 0.25) is 5.89 Å². The molecule has 4 heteroatoms. The average molecular weight is 239 g/mol. The van der Waals surface area contributed by atoms with Gasteiger partial charge in [-0.1, -0.05) is 25.4 Å². The van der Waals surface area contributed by atoms with Crippen LogP contribution in [-0.2, 0) is 6.54 Å². The molecular formula is C12H15ClN2O. The molecule has 0 bridgehead atoms. The van der Waals surface area contributed by atoms with Gasteiger partial charge in [-0.3, -0.25) is 0 Å². The van der Waals surface area contributed by atoms with Gasteiger partial charge in [0, 0.05) is 5.02 Å². The van der Waals surface area contributed by atoms with E-state index >= 15 is 0 Å². The van der Waals surface area contributed by atoms with Crippen LogP contribution in [-0.4, -0.2) is 11.5 Å². The zero-order valence-electron chi connectivity index (χ0n) is 9.46. The van der Waals surface area contributed by atoms with Crippen molar-refractivity contribution in [1.82, 2.24) is 10.3 Å². The molecule has 2 aromatic rings. The van der Waals surface area contributed by atoms with Gasteiger partial charge in [0.25, 0.3) is 0 Å². The Kier molecular flexibility index (Phi) is 3.46. The number of nitrogens with zero attached hydrogens (tertiary/aromatic N) is 1. The minimum atomic E-state index is 0.624. The Morgan fingerprint density at radius 3 is 3.00 bits per heavy atom. The van der Waals surface area contributed by atoms with E-state index in [0.29, 0.717) is 23.4 Å². The van der Waals surface area contributed by atoms with Gasteiger partial charge in [-0.15, -0.1) is 0 Å². The van der Waals surface area contributed by atoms with Crippen molar-refractivity contribution < 1.29 is 4.42 Å². The molecule has 3 nitrogen and oxygen atoms in total. The third kappa shape index (κ3) is 2.74. The van der Waals surface area contributed by atoms with Crippen molar-refractivity contribution >= 4 is 22.7 Å². The molecule has 2 rings (SSSR count). The van der Waals surface area contributed by atoms with Crippen LogP contribution in [0.25, 0.3) is 11.1 Å². The van der Waals surface area contributed by atoms with Gasteiger partial charge in [0.1, 0.15) is 5.52 Å². The van der Waals surface area contributed by atoms with Crippen LogP contribution in [0.15, 0.2) is 22.6 Å². The molecule has 0 unspecified atom stereocenters. The van der Waals surface area contributed by atoms with Crippen LogP contribution in [0.3, 0.4) is 0 Å². The van der Waals surface area contributed by atoms with Crippen LogP contribution in [0.4, 0.5) is 0 Å². The number of aromatic nitrogens is 1. The maximum atomic E-state index is 5.88. The second-order valence-electron chi connectivity index (χ2n) is 4.24. The molecule has 86 valence electrons. The van der Waals surface area contributed by atoms with E-state index < -0.39 is 0 Å². The van der Waals surface area contributed by atoms with E-state index in [9.17, 15) is 0 Å². The Balaban J connectivity index is 2.08. The van der Waals surface area contributed by atoms with Crippen molar-refractivity contribution in [3.8, 4) is 0 Å². The highest BCUT2D eigenvalue weighted by Gasteiger charge is 2.05. The first-order valence-corrected chi connectivity index (χ1v) is 5.78. The Morgan fingerprint density at radius 2 is 2.25 bits per heavy atom. The molecule has 0 fully saturated rings. The van der Waals surface area contributed by atoms with E-state index in [2.05, 4.69) is 24.1 Å². The molecular weight excluding hydrogens is 224 g/mol. The van der Waals surface area contributed by atoms with Crippen LogP contribution in [0, 0.1) is 5.92 Å². The molecule has 16 heavy (non-hydrogen) atoms. The molecule has 0 saturated carbocycles. The van der Waals surface area contributed by atoms with Crippen LogP contribution >= 0.6 is 11.6 Å². The summed E-state index contributed by atoms with van der Waals surface area (Å²) in [6.45, 7) is 5.95. The fraction of sp³-hybridized carbons (Fsp3) is 0.417. The summed E-state index contributed by atoms with van der Waals surface area (Å²) in [4.78, 5) is 4.36. The van der Waals surface area contributed by atoms with E-state index in [1.807, 2.05) is 12.1 Å². The van der Waals surface area contributed by atoms with Crippen molar-refractivity contribution in [3.05, 3.63) is 29.1 Å². The molecule has 0 radical (unpaired) electrons. The highest BCUT2D eigenvalue weighted by atomic mass is 35.5. The normalized spacial score (nSPS) is 11.5. The van der Waals surface area contributed by atoms with E-state index in [4.69, 9.17) is 16.0 Å². The van der Waals surface area contributed by atoms with Crippen molar-refractivity contribution in [2.45, 2.75) is 20.4 Å².